The molecule has 1 aliphatic heterocycles. The summed E-state index contributed by atoms with van der Waals surface area (Å²) in [6.45, 7) is 6.32. The average molecular weight is 303 g/mol. The van der Waals surface area contributed by atoms with Gasteiger partial charge in [-0.15, -0.1) is 0 Å². The third kappa shape index (κ3) is 4.31. The van der Waals surface area contributed by atoms with Gasteiger partial charge in [0.1, 0.15) is 6.04 Å². The van der Waals surface area contributed by atoms with E-state index in [9.17, 15) is 9.59 Å². The number of benzene rings is 1. The highest BCUT2D eigenvalue weighted by atomic mass is 16.2. The fraction of sp³-hybridized carbons (Fsp3) is 0.529. The molecule has 1 unspecified atom stereocenters. The zero-order valence-electron chi connectivity index (χ0n) is 13.3. The number of rotatable bonds is 4. The Morgan fingerprint density at radius 2 is 1.86 bits per heavy atom. The van der Waals surface area contributed by atoms with Crippen molar-refractivity contribution in [3.63, 3.8) is 0 Å². The lowest BCUT2D eigenvalue weighted by Crippen LogP contribution is -2.48. The van der Waals surface area contributed by atoms with Gasteiger partial charge in [-0.2, -0.15) is 0 Å². The second-order valence-electron chi connectivity index (χ2n) is 5.88. The van der Waals surface area contributed by atoms with Crippen LogP contribution in [-0.2, 0) is 4.79 Å². The Labute approximate surface area is 132 Å². The first-order valence-corrected chi connectivity index (χ1v) is 7.99. The van der Waals surface area contributed by atoms with E-state index in [2.05, 4.69) is 22.5 Å². The Morgan fingerprint density at radius 3 is 2.45 bits per heavy atom. The molecule has 3 amide bonds. The van der Waals surface area contributed by atoms with E-state index in [0.717, 1.165) is 31.5 Å². The fourth-order valence-corrected chi connectivity index (χ4v) is 2.84. The number of nitrogens with zero attached hydrogens (tertiary/aromatic N) is 1. The van der Waals surface area contributed by atoms with Crippen molar-refractivity contribution in [2.75, 3.05) is 19.6 Å². The van der Waals surface area contributed by atoms with Crippen LogP contribution in [0.3, 0.4) is 0 Å². The molecule has 1 saturated heterocycles. The van der Waals surface area contributed by atoms with E-state index in [1.807, 2.05) is 37.3 Å². The van der Waals surface area contributed by atoms with Crippen molar-refractivity contribution in [2.45, 2.75) is 32.7 Å². The number of hydrogen-bond acceptors (Lipinski definition) is 3. The molecule has 0 spiro atoms. The molecule has 1 aromatic carbocycles. The van der Waals surface area contributed by atoms with Crippen molar-refractivity contribution in [1.29, 1.82) is 0 Å². The Hall–Kier alpha value is -1.88. The molecular weight excluding hydrogens is 278 g/mol. The molecule has 0 aliphatic carbocycles. The third-order valence-corrected chi connectivity index (χ3v) is 4.12. The van der Waals surface area contributed by atoms with Crippen LogP contribution >= 0.6 is 0 Å². The van der Waals surface area contributed by atoms with Gasteiger partial charge in [0.2, 0.25) is 5.91 Å². The predicted octanol–water partition coefficient (Wildman–Crippen LogP) is 2.31. The lowest BCUT2D eigenvalue weighted by Gasteiger charge is -2.35. The van der Waals surface area contributed by atoms with Gasteiger partial charge in [-0.1, -0.05) is 37.3 Å². The van der Waals surface area contributed by atoms with Gasteiger partial charge in [-0.05, 0) is 44.3 Å². The average Bonchev–Trinajstić information content (AvgIpc) is 2.51. The van der Waals surface area contributed by atoms with E-state index >= 15 is 0 Å². The lowest BCUT2D eigenvalue weighted by atomic mass is 9.95. The van der Waals surface area contributed by atoms with Gasteiger partial charge in [-0.3, -0.25) is 15.0 Å². The number of imide groups is 1. The van der Waals surface area contributed by atoms with Gasteiger partial charge in [0.05, 0.1) is 0 Å². The topological polar surface area (TPSA) is 61.4 Å². The van der Waals surface area contributed by atoms with E-state index in [-0.39, 0.29) is 5.91 Å². The van der Waals surface area contributed by atoms with Crippen LogP contribution in [0, 0.1) is 5.92 Å². The molecule has 0 bridgehead atoms. The third-order valence-electron chi connectivity index (χ3n) is 4.12. The van der Waals surface area contributed by atoms with Crippen LogP contribution in [0.15, 0.2) is 30.3 Å². The Balaban J connectivity index is 2.15. The number of urea groups is 1. The molecule has 1 atom stereocenters. The van der Waals surface area contributed by atoms with Crippen LogP contribution in [0.25, 0.3) is 0 Å². The van der Waals surface area contributed by atoms with Crippen LogP contribution in [0.4, 0.5) is 4.79 Å². The molecule has 1 aromatic rings. The quantitative estimate of drug-likeness (QED) is 0.897. The number of nitrogens with one attached hydrogen (secondary N) is 2. The first-order valence-electron chi connectivity index (χ1n) is 7.99. The van der Waals surface area contributed by atoms with Crippen molar-refractivity contribution >= 4 is 11.9 Å². The molecule has 5 heteroatoms. The van der Waals surface area contributed by atoms with Crippen molar-refractivity contribution in [3.05, 3.63) is 35.9 Å². The molecule has 0 aromatic heterocycles. The highest BCUT2D eigenvalue weighted by Crippen LogP contribution is 2.26. The minimum absolute atomic E-state index is 0.258. The summed E-state index contributed by atoms with van der Waals surface area (Å²) in [5, 5.41) is 5.06. The van der Waals surface area contributed by atoms with Gasteiger partial charge in [0, 0.05) is 6.54 Å². The molecule has 2 N–H and O–H groups in total. The summed E-state index contributed by atoms with van der Waals surface area (Å²) in [5.41, 5.74) is 0.929. The zero-order valence-corrected chi connectivity index (χ0v) is 13.3. The Morgan fingerprint density at radius 1 is 1.23 bits per heavy atom. The number of amides is 3. The number of carbonyl (C=O) groups excluding carboxylic acids is 2. The Bertz CT molecular complexity index is 496. The molecule has 22 heavy (non-hydrogen) atoms. The first kappa shape index (κ1) is 16.5. The number of piperidine rings is 1. The predicted molar refractivity (Wildman–Crippen MR) is 86.4 cm³/mol. The molecule has 0 saturated carbocycles. The Kier molecular flexibility index (Phi) is 5.95. The van der Waals surface area contributed by atoms with E-state index < -0.39 is 12.1 Å². The van der Waals surface area contributed by atoms with Gasteiger partial charge < -0.3 is 5.32 Å². The van der Waals surface area contributed by atoms with Crippen LogP contribution in [-0.4, -0.2) is 36.5 Å². The largest absolute Gasteiger partial charge is 0.338 e. The monoisotopic (exact) mass is 303 g/mol. The fourth-order valence-electron chi connectivity index (χ4n) is 2.84. The van der Waals surface area contributed by atoms with Crippen LogP contribution in [0.1, 0.15) is 38.3 Å². The first-order chi connectivity index (χ1) is 10.6. The second-order valence-corrected chi connectivity index (χ2v) is 5.88. The van der Waals surface area contributed by atoms with Crippen molar-refractivity contribution in [2.24, 2.45) is 5.92 Å². The highest BCUT2D eigenvalue weighted by Gasteiger charge is 2.30. The summed E-state index contributed by atoms with van der Waals surface area (Å²) in [7, 11) is 0. The van der Waals surface area contributed by atoms with Crippen LogP contribution in [0.2, 0.25) is 0 Å². The number of likely N-dealkylation sites (tertiary alicyclic amines) is 1. The molecule has 1 aliphatic rings. The van der Waals surface area contributed by atoms with E-state index in [0.29, 0.717) is 12.5 Å². The zero-order chi connectivity index (χ0) is 15.9. The maximum atomic E-state index is 12.6. The summed E-state index contributed by atoms with van der Waals surface area (Å²) in [4.78, 5) is 26.4. The van der Waals surface area contributed by atoms with Crippen molar-refractivity contribution in [1.82, 2.24) is 15.5 Å². The van der Waals surface area contributed by atoms with Crippen LogP contribution in [0.5, 0.6) is 0 Å². The summed E-state index contributed by atoms with van der Waals surface area (Å²) >= 11 is 0. The van der Waals surface area contributed by atoms with E-state index in [1.54, 1.807) is 0 Å². The maximum absolute atomic E-state index is 12.6. The normalized spacial score (nSPS) is 17.7. The minimum atomic E-state index is -0.432. The maximum Gasteiger partial charge on any atom is 0.321 e. The summed E-state index contributed by atoms with van der Waals surface area (Å²) in [6, 6.07) is 8.83. The molecule has 2 rings (SSSR count). The second kappa shape index (κ2) is 7.94. The van der Waals surface area contributed by atoms with Gasteiger partial charge in [0.15, 0.2) is 0 Å². The lowest BCUT2D eigenvalue weighted by molar-refractivity contribution is -0.126. The standard InChI is InChI=1S/C17H25N3O2/c1-3-18-17(22)19-16(21)15(14-7-5-4-6-8-14)20-11-9-13(2)10-12-20/h4-8,13,15H,3,9-12H2,1-2H3,(H2,18,19,21,22). The SMILES string of the molecule is CCNC(=O)NC(=O)C(c1ccccc1)N1CCC(C)CC1. The number of hydrogen-bond donors (Lipinski definition) is 2. The molecule has 1 fully saturated rings. The number of carbonyl (C=O) groups is 2. The molecular formula is C17H25N3O2. The van der Waals surface area contributed by atoms with Crippen LogP contribution < -0.4 is 10.6 Å². The smallest absolute Gasteiger partial charge is 0.321 e. The summed E-state index contributed by atoms with van der Waals surface area (Å²) < 4.78 is 0. The van der Waals surface area contributed by atoms with E-state index in [4.69, 9.17) is 0 Å². The van der Waals surface area contributed by atoms with Gasteiger partial charge >= 0.3 is 6.03 Å². The molecule has 0 radical (unpaired) electrons. The van der Waals surface area contributed by atoms with Crippen molar-refractivity contribution < 1.29 is 9.59 Å². The molecule has 120 valence electrons. The van der Waals surface area contributed by atoms with Crippen molar-refractivity contribution in [3.8, 4) is 0 Å². The van der Waals surface area contributed by atoms with Gasteiger partial charge in [0.25, 0.3) is 0 Å². The summed E-state index contributed by atoms with van der Waals surface area (Å²) in [5.74, 6) is 0.436. The molecule has 1 heterocycles. The summed E-state index contributed by atoms with van der Waals surface area (Å²) in [6.07, 6.45) is 2.16. The minimum Gasteiger partial charge on any atom is -0.338 e. The van der Waals surface area contributed by atoms with Gasteiger partial charge in [-0.25, -0.2) is 4.79 Å². The highest BCUT2D eigenvalue weighted by molar-refractivity contribution is 5.97. The molecule has 5 nitrogen and oxygen atoms in total. The van der Waals surface area contributed by atoms with E-state index in [1.165, 1.54) is 0 Å².